The van der Waals surface area contributed by atoms with Gasteiger partial charge in [0.15, 0.2) is 5.76 Å². The first-order valence-corrected chi connectivity index (χ1v) is 9.68. The number of esters is 1. The molecule has 148 valence electrons. The van der Waals surface area contributed by atoms with Gasteiger partial charge in [0.25, 0.3) is 0 Å². The Bertz CT molecular complexity index is 1050. The first-order valence-electron chi connectivity index (χ1n) is 9.30. The van der Waals surface area contributed by atoms with Gasteiger partial charge in [0.05, 0.1) is 24.3 Å². The van der Waals surface area contributed by atoms with E-state index in [1.54, 1.807) is 6.92 Å². The predicted octanol–water partition coefficient (Wildman–Crippen LogP) is 3.87. The van der Waals surface area contributed by atoms with E-state index in [0.29, 0.717) is 39.3 Å². The molecule has 0 aromatic carbocycles. The molecule has 0 unspecified atom stereocenters. The second kappa shape index (κ2) is 7.18. The van der Waals surface area contributed by atoms with Gasteiger partial charge >= 0.3 is 5.97 Å². The number of halogens is 1. The van der Waals surface area contributed by atoms with Gasteiger partial charge < -0.3 is 18.9 Å². The summed E-state index contributed by atoms with van der Waals surface area (Å²) in [5.74, 6) is 0.183. The highest BCUT2D eigenvalue weighted by Gasteiger charge is 2.38. The number of hydrogen-bond donors (Lipinski definition) is 1. The molecule has 0 aliphatic heterocycles. The van der Waals surface area contributed by atoms with Gasteiger partial charge in [-0.3, -0.25) is 0 Å². The topological polar surface area (TPSA) is 103 Å². The van der Waals surface area contributed by atoms with E-state index in [1.807, 2.05) is 18.4 Å². The van der Waals surface area contributed by atoms with Crippen LogP contribution in [0.1, 0.15) is 67.4 Å². The minimum Gasteiger partial charge on any atom is -0.462 e. The minimum atomic E-state index is -0.497. The molecule has 8 nitrogen and oxygen atoms in total. The maximum atomic E-state index is 12.8. The maximum Gasteiger partial charge on any atom is 0.344 e. The smallest absolute Gasteiger partial charge is 0.344 e. The van der Waals surface area contributed by atoms with E-state index >= 15 is 0 Å². The van der Waals surface area contributed by atoms with E-state index in [-0.39, 0.29) is 30.3 Å². The number of aliphatic hydroxyl groups excluding tert-OH is 1. The molecule has 3 aromatic rings. The normalized spacial score (nSPS) is 14.2. The molecule has 1 aliphatic carbocycles. The molecule has 1 aliphatic rings. The van der Waals surface area contributed by atoms with Gasteiger partial charge in [-0.2, -0.15) is 0 Å². The largest absolute Gasteiger partial charge is 0.462 e. The first-order chi connectivity index (χ1) is 13.5. The van der Waals surface area contributed by atoms with Crippen molar-refractivity contribution in [2.24, 2.45) is 0 Å². The second-order valence-electron chi connectivity index (χ2n) is 7.07. The Morgan fingerprint density at radius 1 is 1.43 bits per heavy atom. The van der Waals surface area contributed by atoms with Crippen LogP contribution in [0.25, 0.3) is 22.3 Å². The third-order valence-electron chi connectivity index (χ3n) is 4.89. The van der Waals surface area contributed by atoms with Crippen LogP contribution in [0.5, 0.6) is 0 Å². The number of hydrogen-bond acceptors (Lipinski definition) is 7. The van der Waals surface area contributed by atoms with Gasteiger partial charge in [0.2, 0.25) is 0 Å². The molecule has 1 N–H and O–H groups in total. The molecule has 9 heteroatoms. The fourth-order valence-corrected chi connectivity index (χ4v) is 3.83. The summed E-state index contributed by atoms with van der Waals surface area (Å²) < 4.78 is 12.7. The van der Waals surface area contributed by atoms with Crippen molar-refractivity contribution < 1.29 is 19.2 Å². The average molecular weight is 405 g/mol. The van der Waals surface area contributed by atoms with E-state index in [9.17, 15) is 9.90 Å². The molecule has 4 rings (SSSR count). The van der Waals surface area contributed by atoms with Crippen molar-refractivity contribution in [2.75, 3.05) is 6.61 Å². The summed E-state index contributed by atoms with van der Waals surface area (Å²) in [6, 6.07) is -0.00906. The lowest BCUT2D eigenvalue weighted by Crippen LogP contribution is -2.09. The molecule has 0 saturated heterocycles. The van der Waals surface area contributed by atoms with Crippen molar-refractivity contribution in [2.45, 2.75) is 52.2 Å². The van der Waals surface area contributed by atoms with E-state index in [4.69, 9.17) is 20.9 Å². The van der Waals surface area contributed by atoms with Crippen LogP contribution in [0.4, 0.5) is 0 Å². The van der Waals surface area contributed by atoms with Crippen LogP contribution in [0.3, 0.4) is 0 Å². The summed E-state index contributed by atoms with van der Waals surface area (Å²) in [6.07, 6.45) is 3.25. The van der Waals surface area contributed by atoms with E-state index in [1.165, 1.54) is 6.33 Å². The first kappa shape index (κ1) is 18.9. The van der Waals surface area contributed by atoms with Gasteiger partial charge in [-0.05, 0) is 33.6 Å². The number of aliphatic hydroxyl groups is 1. The highest BCUT2D eigenvalue weighted by Crippen LogP contribution is 2.46. The summed E-state index contributed by atoms with van der Waals surface area (Å²) in [4.78, 5) is 21.2. The van der Waals surface area contributed by atoms with Gasteiger partial charge in [0.1, 0.15) is 28.4 Å². The van der Waals surface area contributed by atoms with Gasteiger partial charge in [-0.25, -0.2) is 14.8 Å². The molecular weight excluding hydrogens is 384 g/mol. The molecule has 0 atom stereocenters. The SMILES string of the molecule is CCOC(=O)c1c(-c2c(CO)n(C(C)C)c3ncnc(Cl)c23)noc1C1CC1. The standard InChI is InChI=1S/C19H21ClN4O4/c1-4-27-19(26)14-15(23-28-16(14)10-5-6-10)12-11(7-25)24(9(2)3)18-13(12)17(20)21-8-22-18/h8-10,25H,4-7H2,1-3H3. The highest BCUT2D eigenvalue weighted by molar-refractivity contribution is 6.35. The van der Waals surface area contributed by atoms with Crippen LogP contribution in [-0.4, -0.2) is 37.4 Å². The zero-order valence-corrected chi connectivity index (χ0v) is 16.7. The number of carbonyl (C=O) groups is 1. The van der Waals surface area contributed by atoms with E-state index in [0.717, 1.165) is 12.8 Å². The number of carbonyl (C=O) groups excluding carboxylic acids is 1. The van der Waals surface area contributed by atoms with Crippen LogP contribution >= 0.6 is 11.6 Å². The van der Waals surface area contributed by atoms with E-state index in [2.05, 4.69) is 15.1 Å². The molecule has 0 radical (unpaired) electrons. The molecule has 3 heterocycles. The Morgan fingerprint density at radius 3 is 2.79 bits per heavy atom. The number of aromatic nitrogens is 4. The number of rotatable bonds is 6. The van der Waals surface area contributed by atoms with Crippen LogP contribution < -0.4 is 0 Å². The van der Waals surface area contributed by atoms with Gasteiger partial charge in [-0.15, -0.1) is 0 Å². The van der Waals surface area contributed by atoms with Crippen molar-refractivity contribution >= 4 is 28.6 Å². The average Bonchev–Trinajstić information content (AvgIpc) is 3.31. The third-order valence-corrected chi connectivity index (χ3v) is 5.17. The summed E-state index contributed by atoms with van der Waals surface area (Å²) in [5, 5.41) is 15.1. The van der Waals surface area contributed by atoms with Crippen molar-refractivity contribution in [1.82, 2.24) is 19.7 Å². The Morgan fingerprint density at radius 2 is 2.18 bits per heavy atom. The van der Waals surface area contributed by atoms with Gasteiger partial charge in [0, 0.05) is 17.5 Å². The van der Waals surface area contributed by atoms with Crippen molar-refractivity contribution in [3.05, 3.63) is 28.5 Å². The minimum absolute atomic E-state index is 0.00906. The number of fused-ring (bicyclic) bond motifs is 1. The van der Waals surface area contributed by atoms with Crippen molar-refractivity contribution in [3.8, 4) is 11.3 Å². The van der Waals surface area contributed by atoms with Crippen LogP contribution in [-0.2, 0) is 11.3 Å². The lowest BCUT2D eigenvalue weighted by molar-refractivity contribution is 0.0524. The lowest BCUT2D eigenvalue weighted by Gasteiger charge is -2.13. The monoisotopic (exact) mass is 404 g/mol. The van der Waals surface area contributed by atoms with Gasteiger partial charge in [-0.1, -0.05) is 16.8 Å². The summed E-state index contributed by atoms with van der Waals surface area (Å²) in [6.45, 7) is 5.65. The third kappa shape index (κ3) is 2.87. The number of ether oxygens (including phenoxy) is 1. The lowest BCUT2D eigenvalue weighted by atomic mass is 10.0. The molecule has 1 saturated carbocycles. The van der Waals surface area contributed by atoms with Crippen molar-refractivity contribution in [1.29, 1.82) is 0 Å². The van der Waals surface area contributed by atoms with Crippen molar-refractivity contribution in [3.63, 3.8) is 0 Å². The molecule has 0 spiro atoms. The molecule has 3 aromatic heterocycles. The molecule has 0 bridgehead atoms. The molecular formula is C19H21ClN4O4. The summed E-state index contributed by atoms with van der Waals surface area (Å²) in [5.41, 5.74) is 2.23. The Kier molecular flexibility index (Phi) is 4.84. The number of nitrogens with zero attached hydrogens (tertiary/aromatic N) is 4. The van der Waals surface area contributed by atoms with Crippen LogP contribution in [0, 0.1) is 0 Å². The zero-order chi connectivity index (χ0) is 20.0. The summed E-state index contributed by atoms with van der Waals surface area (Å²) in [7, 11) is 0. The fraction of sp³-hybridized carbons (Fsp3) is 0.474. The van der Waals surface area contributed by atoms with Crippen LogP contribution in [0.2, 0.25) is 5.15 Å². The summed E-state index contributed by atoms with van der Waals surface area (Å²) >= 11 is 6.41. The molecule has 0 amide bonds. The maximum absolute atomic E-state index is 12.8. The van der Waals surface area contributed by atoms with Crippen LogP contribution in [0.15, 0.2) is 10.9 Å². The molecule has 28 heavy (non-hydrogen) atoms. The molecule has 1 fully saturated rings. The zero-order valence-electron chi connectivity index (χ0n) is 15.9. The highest BCUT2D eigenvalue weighted by atomic mass is 35.5. The van der Waals surface area contributed by atoms with E-state index < -0.39 is 5.97 Å². The predicted molar refractivity (Wildman–Crippen MR) is 102 cm³/mol. The fourth-order valence-electron chi connectivity index (χ4n) is 3.61. The Labute approximate surface area is 166 Å². The Balaban J connectivity index is 2.07. The Hall–Kier alpha value is -2.45. The second-order valence-corrected chi connectivity index (χ2v) is 7.43. The quantitative estimate of drug-likeness (QED) is 0.491.